The third-order valence-electron chi connectivity index (χ3n) is 2.38. The molecule has 6 heteroatoms. The lowest BCUT2D eigenvalue weighted by atomic mass is 11.0. The van der Waals surface area contributed by atoms with Gasteiger partial charge in [0, 0.05) is 39.3 Å². The van der Waals surface area contributed by atoms with Crippen LogP contribution >= 0.6 is 6.49 Å². The Balaban J connectivity index is 0.000000563. The van der Waals surface area contributed by atoms with Crippen LogP contribution in [0.2, 0.25) is 0 Å². The van der Waals surface area contributed by atoms with Crippen molar-refractivity contribution in [1.82, 2.24) is 20.2 Å². The zero-order valence-electron chi connectivity index (χ0n) is 7.15. The fourth-order valence-corrected chi connectivity index (χ4v) is 5.83. The highest BCUT2D eigenvalue weighted by molar-refractivity contribution is 8.11. The van der Waals surface area contributed by atoms with Crippen molar-refractivity contribution >= 4 is 18.3 Å². The van der Waals surface area contributed by atoms with Crippen LogP contribution in [0.1, 0.15) is 0 Å². The van der Waals surface area contributed by atoms with Crippen LogP contribution in [0, 0.1) is 0 Å². The largest absolute Gasteiger partial charge is 0.344 e. The lowest BCUT2D eigenvalue weighted by molar-refractivity contribution is 0.697. The molecule has 0 aromatic carbocycles. The predicted octanol–water partition coefficient (Wildman–Crippen LogP) is 0.320. The smallest absolute Gasteiger partial charge is 0.145 e. The van der Waals surface area contributed by atoms with Crippen molar-refractivity contribution in [3.8, 4) is 0 Å². The van der Waals surface area contributed by atoms with Crippen molar-refractivity contribution in [2.24, 2.45) is 0 Å². The molecule has 4 nitrogen and oxygen atoms in total. The van der Waals surface area contributed by atoms with Gasteiger partial charge in [-0.1, -0.05) is 0 Å². The summed E-state index contributed by atoms with van der Waals surface area (Å²) in [5.41, 5.74) is 0. The summed E-state index contributed by atoms with van der Waals surface area (Å²) in [6.45, 7) is 6.26. The molecule has 0 amide bonds. The molecular formula is C6H15N4PS. The summed E-state index contributed by atoms with van der Waals surface area (Å²) in [6, 6.07) is 0. The Bertz CT molecular complexity index is 196. The van der Waals surface area contributed by atoms with Gasteiger partial charge in [-0.05, 0) is 11.8 Å². The predicted molar refractivity (Wildman–Crippen MR) is 54.0 cm³/mol. The number of hydrogen-bond donors (Lipinski definition) is 1. The van der Waals surface area contributed by atoms with Gasteiger partial charge in [0.15, 0.2) is 0 Å². The second kappa shape index (κ2) is 2.74. The Hall–Kier alpha value is 0.490. The average molecular weight is 206 g/mol. The second-order valence-electron chi connectivity index (χ2n) is 3.37. The fraction of sp³-hybridized carbons (Fsp3) is 1.00. The van der Waals surface area contributed by atoms with Crippen molar-refractivity contribution in [2.45, 2.75) is 0 Å². The quantitative estimate of drug-likeness (QED) is 0.532. The average Bonchev–Trinajstić information content (AvgIpc) is 2.81. The van der Waals surface area contributed by atoms with E-state index in [1.54, 1.807) is 0 Å². The maximum atomic E-state index is 5.75. The van der Waals surface area contributed by atoms with Gasteiger partial charge in [-0.25, -0.2) is 14.0 Å². The first-order valence-electron chi connectivity index (χ1n) is 4.18. The monoisotopic (exact) mass is 206 g/mol. The minimum Gasteiger partial charge on any atom is -0.344 e. The van der Waals surface area contributed by atoms with Crippen LogP contribution in [0.15, 0.2) is 0 Å². The maximum absolute atomic E-state index is 5.75. The Morgan fingerprint density at radius 1 is 0.750 bits per heavy atom. The van der Waals surface area contributed by atoms with E-state index in [0.717, 1.165) is 0 Å². The summed E-state index contributed by atoms with van der Waals surface area (Å²) in [5.74, 6) is 0. The molecule has 0 aromatic heterocycles. The summed E-state index contributed by atoms with van der Waals surface area (Å²) in [6.07, 6.45) is 0. The normalized spacial score (nSPS) is 29.7. The standard InChI is InChI=1S/C6H12N3PS.H3N/c11-10(7-1-2-7,8-3-4-8)9-5-6-9;/h1-6H2;1H3. The van der Waals surface area contributed by atoms with Crippen molar-refractivity contribution in [2.75, 3.05) is 39.3 Å². The van der Waals surface area contributed by atoms with Gasteiger partial charge >= 0.3 is 0 Å². The molecule has 0 aromatic rings. The molecule has 3 rings (SSSR count). The van der Waals surface area contributed by atoms with Crippen LogP contribution in [0.5, 0.6) is 0 Å². The molecule has 3 aliphatic rings. The molecule has 0 spiro atoms. The zero-order valence-corrected chi connectivity index (χ0v) is 8.86. The molecule has 0 unspecified atom stereocenters. The first-order valence-corrected chi connectivity index (χ1v) is 6.84. The van der Waals surface area contributed by atoms with E-state index >= 15 is 0 Å². The van der Waals surface area contributed by atoms with Crippen molar-refractivity contribution in [3.63, 3.8) is 0 Å². The van der Waals surface area contributed by atoms with E-state index in [-0.39, 0.29) is 6.15 Å². The van der Waals surface area contributed by atoms with Gasteiger partial charge in [0.25, 0.3) is 0 Å². The Kier molecular flexibility index (Phi) is 2.07. The highest BCUT2D eigenvalue weighted by Gasteiger charge is 2.50. The number of hydrogen-bond acceptors (Lipinski definition) is 2. The Morgan fingerprint density at radius 2 is 1.00 bits per heavy atom. The number of rotatable bonds is 3. The van der Waals surface area contributed by atoms with E-state index in [4.69, 9.17) is 11.8 Å². The highest BCUT2D eigenvalue weighted by atomic mass is 32.4. The van der Waals surface area contributed by atoms with Crippen LogP contribution < -0.4 is 6.15 Å². The fourth-order valence-electron chi connectivity index (χ4n) is 1.45. The lowest BCUT2D eigenvalue weighted by Gasteiger charge is -2.25. The van der Waals surface area contributed by atoms with Crippen LogP contribution in [0.4, 0.5) is 0 Å². The Morgan fingerprint density at radius 3 is 1.17 bits per heavy atom. The summed E-state index contributed by atoms with van der Waals surface area (Å²) in [7, 11) is 0. The van der Waals surface area contributed by atoms with Crippen molar-refractivity contribution in [1.29, 1.82) is 0 Å². The minimum atomic E-state index is -1.27. The molecule has 0 saturated carbocycles. The van der Waals surface area contributed by atoms with E-state index in [9.17, 15) is 0 Å². The molecule has 0 radical (unpaired) electrons. The van der Waals surface area contributed by atoms with Gasteiger partial charge < -0.3 is 6.15 Å². The molecule has 3 aliphatic heterocycles. The summed E-state index contributed by atoms with van der Waals surface area (Å²) >= 11 is 5.75. The van der Waals surface area contributed by atoms with Gasteiger partial charge in [-0.2, -0.15) is 0 Å². The first kappa shape index (κ1) is 9.06. The molecule has 3 N–H and O–H groups in total. The molecule has 70 valence electrons. The molecular weight excluding hydrogens is 191 g/mol. The minimum absolute atomic E-state index is 0. The maximum Gasteiger partial charge on any atom is 0.145 e. The molecule has 3 fully saturated rings. The van der Waals surface area contributed by atoms with Gasteiger partial charge in [0.05, 0.1) is 0 Å². The van der Waals surface area contributed by atoms with Crippen LogP contribution in [0.3, 0.4) is 0 Å². The first-order chi connectivity index (χ1) is 5.32. The van der Waals surface area contributed by atoms with Crippen LogP contribution in [0.25, 0.3) is 0 Å². The SMILES string of the molecule is N.S=P(N1CC1)(N1CC1)N1CC1. The van der Waals surface area contributed by atoms with Crippen LogP contribution in [-0.4, -0.2) is 53.3 Å². The third-order valence-corrected chi connectivity index (χ3v) is 7.87. The molecule has 0 aliphatic carbocycles. The van der Waals surface area contributed by atoms with Gasteiger partial charge in [0.2, 0.25) is 0 Å². The van der Waals surface area contributed by atoms with E-state index in [1.807, 2.05) is 0 Å². The Labute approximate surface area is 78.3 Å². The van der Waals surface area contributed by atoms with Gasteiger partial charge in [-0.3, -0.25) is 0 Å². The third kappa shape index (κ3) is 1.25. The van der Waals surface area contributed by atoms with E-state index in [1.165, 1.54) is 39.3 Å². The molecule has 12 heavy (non-hydrogen) atoms. The number of nitrogens with zero attached hydrogens (tertiary/aromatic N) is 3. The van der Waals surface area contributed by atoms with Crippen LogP contribution in [-0.2, 0) is 11.8 Å². The summed E-state index contributed by atoms with van der Waals surface area (Å²) < 4.78 is 7.47. The highest BCUT2D eigenvalue weighted by Crippen LogP contribution is 2.65. The van der Waals surface area contributed by atoms with E-state index < -0.39 is 6.49 Å². The van der Waals surface area contributed by atoms with Crippen molar-refractivity contribution < 1.29 is 0 Å². The van der Waals surface area contributed by atoms with E-state index in [0.29, 0.717) is 0 Å². The topological polar surface area (TPSA) is 44.0 Å². The van der Waals surface area contributed by atoms with Gasteiger partial charge in [-0.15, -0.1) is 0 Å². The van der Waals surface area contributed by atoms with Gasteiger partial charge in [0.1, 0.15) is 6.49 Å². The molecule has 0 atom stereocenters. The van der Waals surface area contributed by atoms with E-state index in [2.05, 4.69) is 14.0 Å². The van der Waals surface area contributed by atoms with Crippen molar-refractivity contribution in [3.05, 3.63) is 0 Å². The molecule has 3 heterocycles. The summed E-state index contributed by atoms with van der Waals surface area (Å²) in [5, 5.41) is 0. The molecule has 3 saturated heterocycles. The second-order valence-corrected chi connectivity index (χ2v) is 7.57. The zero-order chi connectivity index (χ0) is 7.47. The summed E-state index contributed by atoms with van der Waals surface area (Å²) in [4.78, 5) is 0. The lowest BCUT2D eigenvalue weighted by Crippen LogP contribution is -2.11. The molecule has 0 bridgehead atoms.